The molecule has 0 aliphatic rings. The number of esters is 1. The second-order valence-electron chi connectivity index (χ2n) is 4.13. The largest absolute Gasteiger partial charge is 0.425 e. The summed E-state index contributed by atoms with van der Waals surface area (Å²) in [5.74, 6) is -0.735. The molecular formula is C15H11Cl2NO3. The fraction of sp³-hybridized carbons (Fsp3) is 0.0667. The van der Waals surface area contributed by atoms with Crippen LogP contribution in [0.3, 0.4) is 0 Å². The maximum absolute atomic E-state index is 11.7. The van der Waals surface area contributed by atoms with E-state index in [2.05, 4.69) is 5.32 Å². The molecule has 0 fully saturated rings. The van der Waals surface area contributed by atoms with Gasteiger partial charge in [-0.3, -0.25) is 4.79 Å². The molecule has 4 nitrogen and oxygen atoms in total. The van der Waals surface area contributed by atoms with Crippen molar-refractivity contribution in [1.82, 2.24) is 5.32 Å². The van der Waals surface area contributed by atoms with Gasteiger partial charge in [0.15, 0.2) is 0 Å². The Morgan fingerprint density at radius 2 is 1.62 bits per heavy atom. The molecule has 1 amide bonds. The Balaban J connectivity index is 1.89. The first-order chi connectivity index (χ1) is 10.0. The highest BCUT2D eigenvalue weighted by atomic mass is 35.5. The van der Waals surface area contributed by atoms with E-state index in [1.54, 1.807) is 30.3 Å². The van der Waals surface area contributed by atoms with Crippen LogP contribution in [-0.4, -0.2) is 18.4 Å². The van der Waals surface area contributed by atoms with Crippen molar-refractivity contribution in [3.05, 3.63) is 64.1 Å². The number of carbonyl (C=O) groups is 2. The fourth-order valence-corrected chi connectivity index (χ4v) is 2.11. The van der Waals surface area contributed by atoms with E-state index in [0.29, 0.717) is 15.6 Å². The first kappa shape index (κ1) is 15.4. The summed E-state index contributed by atoms with van der Waals surface area (Å²) in [6.07, 6.45) is 0. The van der Waals surface area contributed by atoms with Gasteiger partial charge in [0.1, 0.15) is 12.3 Å². The van der Waals surface area contributed by atoms with Crippen LogP contribution in [0.5, 0.6) is 5.75 Å². The number of benzene rings is 2. The molecule has 1 N–H and O–H groups in total. The predicted molar refractivity (Wildman–Crippen MR) is 80.9 cm³/mol. The summed E-state index contributed by atoms with van der Waals surface area (Å²) in [5.41, 5.74) is 0.469. The molecule has 6 heteroatoms. The lowest BCUT2D eigenvalue weighted by atomic mass is 10.2. The van der Waals surface area contributed by atoms with Gasteiger partial charge in [-0.2, -0.15) is 0 Å². The average Bonchev–Trinajstić information content (AvgIpc) is 2.44. The Kier molecular flexibility index (Phi) is 5.20. The molecule has 2 aromatic carbocycles. The number of hydrogen-bond donors (Lipinski definition) is 1. The Bertz CT molecular complexity index is 639. The van der Waals surface area contributed by atoms with E-state index in [9.17, 15) is 9.59 Å². The van der Waals surface area contributed by atoms with Gasteiger partial charge in [0.05, 0.1) is 0 Å². The van der Waals surface area contributed by atoms with Crippen LogP contribution in [-0.2, 0) is 4.79 Å². The van der Waals surface area contributed by atoms with Crippen molar-refractivity contribution < 1.29 is 14.3 Å². The molecule has 108 valence electrons. The normalized spacial score (nSPS) is 10.0. The molecule has 21 heavy (non-hydrogen) atoms. The number of halogens is 2. The molecule has 0 saturated carbocycles. The molecule has 0 spiro atoms. The Morgan fingerprint density at radius 1 is 1.00 bits per heavy atom. The second kappa shape index (κ2) is 7.11. The van der Waals surface area contributed by atoms with Crippen LogP contribution in [0, 0.1) is 0 Å². The van der Waals surface area contributed by atoms with Crippen LogP contribution >= 0.6 is 23.2 Å². The summed E-state index contributed by atoms with van der Waals surface area (Å²) in [6.45, 7) is -0.252. The average molecular weight is 324 g/mol. The van der Waals surface area contributed by atoms with E-state index in [1.165, 1.54) is 18.2 Å². The standard InChI is InChI=1S/C15H11Cl2NO3/c16-11-6-12(17)8-13(7-11)21-14(19)9-18-15(20)10-4-2-1-3-5-10/h1-8H,9H2,(H,18,20). The summed E-state index contributed by atoms with van der Waals surface area (Å²) in [4.78, 5) is 23.4. The zero-order valence-corrected chi connectivity index (χ0v) is 12.3. The van der Waals surface area contributed by atoms with Gasteiger partial charge in [-0.05, 0) is 30.3 Å². The summed E-state index contributed by atoms with van der Waals surface area (Å²) in [6, 6.07) is 13.0. The molecule has 0 saturated heterocycles. The van der Waals surface area contributed by atoms with Gasteiger partial charge < -0.3 is 10.1 Å². The van der Waals surface area contributed by atoms with Gasteiger partial charge in [0.25, 0.3) is 5.91 Å². The summed E-state index contributed by atoms with van der Waals surface area (Å²) >= 11 is 11.6. The molecule has 0 heterocycles. The molecule has 0 aliphatic carbocycles. The van der Waals surface area contributed by atoms with E-state index in [-0.39, 0.29) is 18.2 Å². The number of nitrogens with one attached hydrogen (secondary N) is 1. The van der Waals surface area contributed by atoms with E-state index < -0.39 is 5.97 Å². The van der Waals surface area contributed by atoms with Crippen LogP contribution in [0.1, 0.15) is 10.4 Å². The SMILES string of the molecule is O=C(CNC(=O)c1ccccc1)Oc1cc(Cl)cc(Cl)c1. The van der Waals surface area contributed by atoms with Gasteiger partial charge in [0, 0.05) is 15.6 Å². The minimum absolute atomic E-state index is 0.228. The monoisotopic (exact) mass is 323 g/mol. The molecule has 0 bridgehead atoms. The van der Waals surface area contributed by atoms with Crippen molar-refractivity contribution in [2.24, 2.45) is 0 Å². The lowest BCUT2D eigenvalue weighted by Crippen LogP contribution is -2.31. The van der Waals surface area contributed by atoms with Gasteiger partial charge in [-0.25, -0.2) is 4.79 Å². The topological polar surface area (TPSA) is 55.4 Å². The molecule has 0 radical (unpaired) electrons. The summed E-state index contributed by atoms with van der Waals surface area (Å²) in [5, 5.41) is 3.19. The van der Waals surface area contributed by atoms with Crippen molar-refractivity contribution in [3.63, 3.8) is 0 Å². The van der Waals surface area contributed by atoms with E-state index >= 15 is 0 Å². The highest BCUT2D eigenvalue weighted by Crippen LogP contribution is 2.24. The maximum atomic E-state index is 11.7. The summed E-state index contributed by atoms with van der Waals surface area (Å²) < 4.78 is 5.04. The van der Waals surface area contributed by atoms with Gasteiger partial charge in [0.2, 0.25) is 0 Å². The zero-order chi connectivity index (χ0) is 15.2. The molecule has 0 atom stereocenters. The molecular weight excluding hydrogens is 313 g/mol. The van der Waals surface area contributed by atoms with E-state index in [4.69, 9.17) is 27.9 Å². The third kappa shape index (κ3) is 4.77. The molecule has 0 aromatic heterocycles. The maximum Gasteiger partial charge on any atom is 0.330 e. The summed E-state index contributed by atoms with van der Waals surface area (Å²) in [7, 11) is 0. The molecule has 0 aliphatic heterocycles. The number of ether oxygens (including phenoxy) is 1. The first-order valence-electron chi connectivity index (χ1n) is 6.04. The Labute approximate surface area is 131 Å². The van der Waals surface area contributed by atoms with Gasteiger partial charge in [-0.1, -0.05) is 41.4 Å². The van der Waals surface area contributed by atoms with Crippen LogP contribution < -0.4 is 10.1 Å². The van der Waals surface area contributed by atoms with Crippen LogP contribution in [0.25, 0.3) is 0 Å². The van der Waals surface area contributed by atoms with E-state index in [0.717, 1.165) is 0 Å². The Morgan fingerprint density at radius 3 is 2.24 bits per heavy atom. The zero-order valence-electron chi connectivity index (χ0n) is 10.8. The number of amides is 1. The molecule has 2 aromatic rings. The lowest BCUT2D eigenvalue weighted by Gasteiger charge is -2.07. The Hall–Kier alpha value is -2.04. The number of hydrogen-bond acceptors (Lipinski definition) is 3. The predicted octanol–water partition coefficient (Wildman–Crippen LogP) is 3.33. The van der Waals surface area contributed by atoms with E-state index in [1.807, 2.05) is 0 Å². The van der Waals surface area contributed by atoms with Gasteiger partial charge in [-0.15, -0.1) is 0 Å². The highest BCUT2D eigenvalue weighted by Gasteiger charge is 2.10. The number of rotatable bonds is 4. The fourth-order valence-electron chi connectivity index (χ4n) is 1.60. The van der Waals surface area contributed by atoms with Gasteiger partial charge >= 0.3 is 5.97 Å². The number of carbonyl (C=O) groups excluding carboxylic acids is 2. The van der Waals surface area contributed by atoms with Crippen LogP contribution in [0.15, 0.2) is 48.5 Å². The lowest BCUT2D eigenvalue weighted by molar-refractivity contribution is -0.133. The molecule has 2 rings (SSSR count). The third-order valence-electron chi connectivity index (χ3n) is 2.50. The van der Waals surface area contributed by atoms with Crippen molar-refractivity contribution in [1.29, 1.82) is 0 Å². The quantitative estimate of drug-likeness (QED) is 0.693. The third-order valence-corrected chi connectivity index (χ3v) is 2.93. The van der Waals surface area contributed by atoms with Crippen molar-refractivity contribution in [2.45, 2.75) is 0 Å². The molecule has 0 unspecified atom stereocenters. The van der Waals surface area contributed by atoms with Crippen LogP contribution in [0.4, 0.5) is 0 Å². The first-order valence-corrected chi connectivity index (χ1v) is 6.80. The highest BCUT2D eigenvalue weighted by molar-refractivity contribution is 6.34. The van der Waals surface area contributed by atoms with Crippen LogP contribution in [0.2, 0.25) is 10.0 Å². The van der Waals surface area contributed by atoms with Crippen molar-refractivity contribution in [3.8, 4) is 5.75 Å². The minimum atomic E-state index is -0.613. The minimum Gasteiger partial charge on any atom is -0.425 e. The smallest absolute Gasteiger partial charge is 0.330 e. The second-order valence-corrected chi connectivity index (χ2v) is 5.00. The van der Waals surface area contributed by atoms with Crippen molar-refractivity contribution >= 4 is 35.1 Å². The van der Waals surface area contributed by atoms with Crippen molar-refractivity contribution in [2.75, 3.05) is 6.54 Å².